The first-order chi connectivity index (χ1) is 4.21. The summed E-state index contributed by atoms with van der Waals surface area (Å²) in [5.74, 6) is 6.42. The van der Waals surface area contributed by atoms with E-state index in [0.717, 1.165) is 0 Å². The Kier molecular flexibility index (Phi) is 2.60. The maximum absolute atomic E-state index is 3.21. The van der Waals surface area contributed by atoms with Crippen molar-refractivity contribution in [1.82, 2.24) is 0 Å². The van der Waals surface area contributed by atoms with Gasteiger partial charge in [-0.2, -0.15) is 0 Å². The Morgan fingerprint density at radius 1 is 0.900 bits per heavy atom. The van der Waals surface area contributed by atoms with Crippen molar-refractivity contribution in [3.63, 3.8) is 0 Å². The third kappa shape index (κ3) is 7.62. The fraction of sp³-hybridized carbons (Fsp3) is 0.778. The van der Waals surface area contributed by atoms with E-state index in [2.05, 4.69) is 54.3 Å². The van der Waals surface area contributed by atoms with Crippen molar-refractivity contribution in [2.75, 3.05) is 0 Å². The lowest BCUT2D eigenvalue weighted by Gasteiger charge is -2.12. The molecule has 0 aliphatic carbocycles. The second-order valence-electron chi connectivity index (χ2n) is 4.75. The minimum Gasteiger partial charge on any atom is -0.106 e. The monoisotopic (exact) mass is 136 g/mol. The van der Waals surface area contributed by atoms with Crippen molar-refractivity contribution < 1.29 is 0 Å². The van der Waals surface area contributed by atoms with Crippen molar-refractivity contribution in [3.05, 3.63) is 0 Å². The first-order valence-corrected chi connectivity index (χ1v) is 3.75. The van der Waals surface area contributed by atoms with Crippen LogP contribution in [0.4, 0.5) is 0 Å². The van der Waals surface area contributed by atoms with Gasteiger partial charge in [0, 0.05) is 5.41 Å². The first kappa shape index (κ1) is 9.62. The fourth-order valence-corrected chi connectivity index (χ4v) is 0.375. The lowest BCUT2D eigenvalue weighted by atomic mass is 9.72. The SMILES string of the molecule is BC(C)(C)C#CC(C)(C)C. The van der Waals surface area contributed by atoms with Gasteiger partial charge in [0.2, 0.25) is 0 Å². The summed E-state index contributed by atoms with van der Waals surface area (Å²) < 4.78 is 0. The van der Waals surface area contributed by atoms with Gasteiger partial charge in [-0.25, -0.2) is 0 Å². The molecule has 0 atom stereocenters. The number of rotatable bonds is 0. The van der Waals surface area contributed by atoms with Gasteiger partial charge in [-0.05, 0) is 26.1 Å². The third-order valence-electron chi connectivity index (χ3n) is 0.812. The zero-order valence-electron chi connectivity index (χ0n) is 8.00. The highest BCUT2D eigenvalue weighted by Gasteiger charge is 2.08. The Hall–Kier alpha value is -0.375. The highest BCUT2D eigenvalue weighted by Crippen LogP contribution is 2.18. The van der Waals surface area contributed by atoms with Gasteiger partial charge < -0.3 is 0 Å². The zero-order chi connectivity index (χ0) is 8.41. The highest BCUT2D eigenvalue weighted by atomic mass is 14.1. The molecule has 0 nitrogen and oxygen atoms in total. The molecule has 56 valence electrons. The largest absolute Gasteiger partial charge is 0.124 e. The molecule has 0 heterocycles. The van der Waals surface area contributed by atoms with Crippen LogP contribution >= 0.6 is 0 Å². The molecule has 0 saturated heterocycles. The van der Waals surface area contributed by atoms with E-state index < -0.39 is 0 Å². The molecule has 0 aliphatic rings. The maximum Gasteiger partial charge on any atom is 0.124 e. The topological polar surface area (TPSA) is 0 Å². The van der Waals surface area contributed by atoms with E-state index in [1.165, 1.54) is 0 Å². The van der Waals surface area contributed by atoms with Crippen LogP contribution in [0.1, 0.15) is 34.6 Å². The summed E-state index contributed by atoms with van der Waals surface area (Å²) in [5.41, 5.74) is 0.146. The van der Waals surface area contributed by atoms with Gasteiger partial charge >= 0.3 is 0 Å². The van der Waals surface area contributed by atoms with Crippen molar-refractivity contribution in [1.29, 1.82) is 0 Å². The Balaban J connectivity index is 4.19. The van der Waals surface area contributed by atoms with Gasteiger partial charge in [0.15, 0.2) is 0 Å². The molecule has 0 aromatic rings. The maximum atomic E-state index is 3.21. The van der Waals surface area contributed by atoms with Crippen LogP contribution < -0.4 is 0 Å². The molecule has 0 saturated carbocycles. The Morgan fingerprint density at radius 2 is 1.30 bits per heavy atom. The molecule has 0 bridgehead atoms. The van der Waals surface area contributed by atoms with Crippen molar-refractivity contribution in [2.45, 2.75) is 39.9 Å². The van der Waals surface area contributed by atoms with Gasteiger partial charge in [0.25, 0.3) is 0 Å². The van der Waals surface area contributed by atoms with Crippen LogP contribution in [0.2, 0.25) is 5.31 Å². The van der Waals surface area contributed by atoms with E-state index in [0.29, 0.717) is 0 Å². The van der Waals surface area contributed by atoms with Crippen LogP contribution in [-0.4, -0.2) is 7.85 Å². The van der Waals surface area contributed by atoms with E-state index in [9.17, 15) is 0 Å². The summed E-state index contributed by atoms with van der Waals surface area (Å²) in [6, 6.07) is 0. The predicted molar refractivity (Wildman–Crippen MR) is 49.8 cm³/mol. The zero-order valence-corrected chi connectivity index (χ0v) is 8.00. The van der Waals surface area contributed by atoms with Crippen molar-refractivity contribution >= 4 is 7.85 Å². The molecule has 0 aliphatic heterocycles. The summed E-state index contributed by atoms with van der Waals surface area (Å²) in [6.07, 6.45) is 0. The molecule has 0 N–H and O–H groups in total. The minimum atomic E-state index is 0.146. The fourth-order valence-electron chi connectivity index (χ4n) is 0.375. The molecule has 0 aromatic carbocycles. The molecule has 0 amide bonds. The van der Waals surface area contributed by atoms with Crippen LogP contribution in [0.5, 0.6) is 0 Å². The van der Waals surface area contributed by atoms with Crippen LogP contribution in [0, 0.1) is 17.3 Å². The summed E-state index contributed by atoms with van der Waals surface area (Å²) in [5, 5.41) is 0.146. The van der Waals surface area contributed by atoms with Crippen LogP contribution in [0.3, 0.4) is 0 Å². The second kappa shape index (κ2) is 2.70. The molecule has 0 aromatic heterocycles. The Morgan fingerprint density at radius 3 is 1.40 bits per heavy atom. The van der Waals surface area contributed by atoms with Gasteiger partial charge in [0.1, 0.15) is 7.85 Å². The smallest absolute Gasteiger partial charge is 0.106 e. The average molecular weight is 136 g/mol. The van der Waals surface area contributed by atoms with E-state index in [4.69, 9.17) is 0 Å². The number of hydrogen-bond donors (Lipinski definition) is 0. The van der Waals surface area contributed by atoms with Crippen LogP contribution in [-0.2, 0) is 0 Å². The van der Waals surface area contributed by atoms with Gasteiger partial charge in [-0.3, -0.25) is 0 Å². The van der Waals surface area contributed by atoms with Gasteiger partial charge in [-0.15, -0.1) is 5.92 Å². The molecule has 0 fully saturated rings. The van der Waals surface area contributed by atoms with E-state index in [-0.39, 0.29) is 10.7 Å². The normalized spacial score (nSPS) is 12.1. The molecule has 0 rings (SSSR count). The van der Waals surface area contributed by atoms with Gasteiger partial charge in [-0.1, -0.05) is 19.8 Å². The lowest BCUT2D eigenvalue weighted by molar-refractivity contribution is 0.569. The minimum absolute atomic E-state index is 0.146. The Bertz CT molecular complexity index is 138. The lowest BCUT2D eigenvalue weighted by Crippen LogP contribution is -2.03. The van der Waals surface area contributed by atoms with Crippen molar-refractivity contribution in [3.8, 4) is 11.8 Å². The Labute approximate surface area is 65.8 Å². The molecular formula is C9H17B. The predicted octanol–water partition coefficient (Wildman–Crippen LogP) is 1.87. The van der Waals surface area contributed by atoms with E-state index >= 15 is 0 Å². The third-order valence-corrected chi connectivity index (χ3v) is 0.812. The van der Waals surface area contributed by atoms with Gasteiger partial charge in [0.05, 0.1) is 0 Å². The molecule has 0 radical (unpaired) electrons. The van der Waals surface area contributed by atoms with E-state index in [1.807, 2.05) is 0 Å². The highest BCUT2D eigenvalue weighted by molar-refractivity contribution is 6.16. The summed E-state index contributed by atoms with van der Waals surface area (Å²) in [4.78, 5) is 0. The standard InChI is InChI=1S/C9H17B/c1-8(2,3)6-7-9(4,5)10/h10H2,1-5H3. The van der Waals surface area contributed by atoms with Crippen LogP contribution in [0.15, 0.2) is 0 Å². The quantitative estimate of drug-likeness (QED) is 0.352. The van der Waals surface area contributed by atoms with E-state index in [1.54, 1.807) is 0 Å². The van der Waals surface area contributed by atoms with Crippen molar-refractivity contribution in [2.24, 2.45) is 5.41 Å². The van der Waals surface area contributed by atoms with Crippen LogP contribution in [0.25, 0.3) is 0 Å². The molecular weight excluding hydrogens is 119 g/mol. The molecule has 0 unspecified atom stereocenters. The molecule has 0 spiro atoms. The average Bonchev–Trinajstić information content (AvgIpc) is 1.57. The summed E-state index contributed by atoms with van der Waals surface area (Å²) in [7, 11) is 2.13. The summed E-state index contributed by atoms with van der Waals surface area (Å²) >= 11 is 0. The molecule has 1 heteroatoms. The summed E-state index contributed by atoms with van der Waals surface area (Å²) in [6.45, 7) is 10.7. The second-order valence-corrected chi connectivity index (χ2v) is 4.75. The number of hydrogen-bond acceptors (Lipinski definition) is 0. The molecule has 10 heavy (non-hydrogen) atoms. The first-order valence-electron chi connectivity index (χ1n) is 3.75.